The first-order valence-electron chi connectivity index (χ1n) is 51.1. The molecule has 3 aliphatic heterocycles. The van der Waals surface area contributed by atoms with E-state index in [1.807, 2.05) is 195 Å². The van der Waals surface area contributed by atoms with Crippen LogP contribution in [0.5, 0.6) is 17.2 Å². The summed E-state index contributed by atoms with van der Waals surface area (Å²) in [6.45, 7) is 8.74. The molecule has 29 heteroatoms. The number of hydrogen-bond donors (Lipinski definition) is 2. The monoisotopic (exact) mass is 2010 g/mol. The highest BCUT2D eigenvalue weighted by molar-refractivity contribution is 8.24. The number of amides is 2. The van der Waals surface area contributed by atoms with Crippen LogP contribution in [-0.2, 0) is 169 Å². The zero-order valence-corrected chi connectivity index (χ0v) is 84.9. The van der Waals surface area contributed by atoms with Crippen molar-refractivity contribution in [3.63, 3.8) is 0 Å². The average Bonchev–Trinajstić information content (AvgIpc) is 1.63. The van der Waals surface area contributed by atoms with Crippen LogP contribution in [0.2, 0.25) is 0 Å². The third kappa shape index (κ3) is 33.2. The molecule has 8 aromatic rings. The molecule has 142 heavy (non-hydrogen) atoms. The Labute approximate surface area is 844 Å². The van der Waals surface area contributed by atoms with Crippen molar-refractivity contribution in [1.82, 2.24) is 5.06 Å². The minimum absolute atomic E-state index is 0.0643. The molecule has 4 unspecified atom stereocenters. The van der Waals surface area contributed by atoms with Gasteiger partial charge in [-0.1, -0.05) is 209 Å². The lowest BCUT2D eigenvalue weighted by atomic mass is 9.73. The molecule has 26 nitrogen and oxygen atoms in total. The summed E-state index contributed by atoms with van der Waals surface area (Å²) >= 11 is 4.31. The number of esters is 3. The van der Waals surface area contributed by atoms with Gasteiger partial charge in [0.2, 0.25) is 0 Å². The average molecular weight is 2010 g/mol. The van der Waals surface area contributed by atoms with Crippen LogP contribution in [0.25, 0.3) is 0 Å². The highest BCUT2D eigenvalue weighted by atomic mass is 32.6. The molecular formula is C113H140NO25P2S+. The summed E-state index contributed by atoms with van der Waals surface area (Å²) in [6.07, 6.45) is 19.5. The van der Waals surface area contributed by atoms with E-state index in [1.165, 1.54) is 28.7 Å². The van der Waals surface area contributed by atoms with Gasteiger partial charge in [0, 0.05) is 33.0 Å². The number of fused-ring (bicyclic) bond motifs is 6. The fraction of sp³-hybridized carbons (Fsp3) is 0.504. The van der Waals surface area contributed by atoms with Crippen LogP contribution in [0.1, 0.15) is 217 Å². The molecule has 0 radical (unpaired) electrons. The van der Waals surface area contributed by atoms with Crippen molar-refractivity contribution in [2.45, 2.75) is 277 Å². The Morgan fingerprint density at radius 3 is 1.11 bits per heavy atom. The number of hydroxylamine groups is 2. The highest BCUT2D eigenvalue weighted by Crippen LogP contribution is 2.53. The van der Waals surface area contributed by atoms with Crippen LogP contribution in [-0.4, -0.2) is 147 Å². The summed E-state index contributed by atoms with van der Waals surface area (Å²) in [6, 6.07) is 66.2. The molecule has 17 rings (SSSR count). The quantitative estimate of drug-likeness (QED) is 0.0157. The van der Waals surface area contributed by atoms with Crippen LogP contribution in [0.3, 0.4) is 0 Å². The van der Waals surface area contributed by atoms with Gasteiger partial charge in [0.1, 0.15) is 62.5 Å². The number of benzene rings is 8. The molecule has 9 aliphatic rings. The van der Waals surface area contributed by atoms with Gasteiger partial charge in [-0.15, -0.1) is 5.06 Å². The summed E-state index contributed by atoms with van der Waals surface area (Å²) in [4.78, 5) is 99.1. The lowest BCUT2D eigenvalue weighted by Gasteiger charge is -2.33. The van der Waals surface area contributed by atoms with Crippen molar-refractivity contribution in [2.75, 3.05) is 33.0 Å². The Bertz CT molecular complexity index is 5330. The zero-order valence-electron chi connectivity index (χ0n) is 83.1. The standard InChI is InChI=1S/C40H48O8.C35H40O7.C32H42O6.C6H7NO4.H2P2S/c1-2-32(47-39-18-9-10-21-43-39)19-20-33-34-22-30-16-11-17-36(44-27-38(41)45-25-28-12-5-3-6-13-28)35(30)23-31(34)24-37(33)48-40(42)46-26-29-14-7-4-8-15-29;1-2-28(36)16-17-29-30-18-26-14-9-15-32(39-23-34(37)40-21-24-10-5-3-6-11-24)31(26)19-27(30)20-33(29)42-35(38)41-22-25-12-7-4-8-13-25;1-2-25(38-32-13-6-7-16-35-32)14-15-26-27-17-23-11-8-12-30(28(23)18-24(27)19-29(26)33)36-21-31(34)37-20-22-9-4-3-5-10-22;1-4(8)11-7-5(9)2-3-6(7)10;1-2-3/h3-8,11-17,31-34,37,39H,2,9-10,18-27H2,1H3;3-15,27-30,33,36H,2,16-23H2,1H3;3-5,8-12,24-27,29,32-33H,2,6-7,13-21H2,1H3;2-3H2,1H3;1H2/p+1/t31-,32-,33+,34-,37+,39?;27-,28-,29+,30-,33+;24-,25-,26+,27-,29+,32?;;/m000../s1/i/hT. The third-order valence-electron chi connectivity index (χ3n) is 28.7. The Morgan fingerprint density at radius 2 is 0.775 bits per heavy atom. The second-order valence-corrected chi connectivity index (χ2v) is 40.8. The maximum absolute atomic E-state index is 13.0. The molecule has 3 saturated heterocycles. The summed E-state index contributed by atoms with van der Waals surface area (Å²) in [7, 11) is 2.20. The van der Waals surface area contributed by atoms with E-state index in [1.54, 1.807) is 0 Å². The molecule has 6 fully saturated rings. The second-order valence-electron chi connectivity index (χ2n) is 38.1. The van der Waals surface area contributed by atoms with Gasteiger partial charge in [-0.2, -0.15) is 0 Å². The van der Waals surface area contributed by atoms with Gasteiger partial charge in [0.05, 0.1) is 33.3 Å². The molecule has 0 bridgehead atoms. The number of ether oxygens (including phenoxy) is 14. The third-order valence-corrected chi connectivity index (χ3v) is 28.7. The number of carbonyl (C=O) groups is 8. The molecule has 2 amide bonds. The van der Waals surface area contributed by atoms with Gasteiger partial charge < -0.3 is 81.4 Å². The zero-order chi connectivity index (χ0) is 101. The topological polar surface area (TPSA) is 319 Å². The number of aliphatic hydroxyl groups is 2. The molecule has 2 N–H and O–H groups in total. The molecule has 19 atom stereocenters. The number of hydrogen-bond acceptors (Lipinski definition) is 26. The fourth-order valence-electron chi connectivity index (χ4n) is 21.5. The number of rotatable bonds is 38. The van der Waals surface area contributed by atoms with Gasteiger partial charge in [-0.05, 0) is 287 Å². The number of aliphatic hydroxyl groups excluding tert-OH is 2. The van der Waals surface area contributed by atoms with Crippen LogP contribution >= 0.6 is 15.9 Å². The van der Waals surface area contributed by atoms with E-state index in [-0.39, 0.29) is 139 Å². The normalized spacial score (nSPS) is 23.3. The molecule has 0 spiro atoms. The Balaban J connectivity index is 0.000000168. The van der Waals surface area contributed by atoms with E-state index in [4.69, 9.17) is 67.6 Å². The minimum Gasteiger partial charge on any atom is -0.482 e. The van der Waals surface area contributed by atoms with E-state index in [2.05, 4.69) is 57.6 Å². The Kier molecular flexibility index (Phi) is 43.2. The molecule has 762 valence electrons. The summed E-state index contributed by atoms with van der Waals surface area (Å²) < 4.78 is 88.0. The smallest absolute Gasteiger partial charge is 0.482 e. The number of imide groups is 1. The SMILES string of the molecule is CC(=O)ON1C(=O)CCC1=O.CC[C@@H](CC[C@@H]1[C@H]2Cc3cccc(OCC(=O)OCc4ccccc4)c3C[C@H]2C[C@H]1O)OC1CCCCO1.CC[C@@H](CC[C@@H]1[C@H]2Cc3cccc(OCC(=O)OCc4ccccc4)c3C[C@H]2C[C@H]1OC(=O)OCc1ccccc1)OC1CCCCO1.CC[C@H](O)CC[C@@H]1[C@H]2Cc3cccc(OCC(=O)OCc4ccccc4)c3C[C@H]2C[C@H]1OC(=O)OCc1ccccc1.[3H][P+](P)=S. The second kappa shape index (κ2) is 57.2. The van der Waals surface area contributed by atoms with Crippen LogP contribution in [0.15, 0.2) is 206 Å². The molecule has 8 aromatic carbocycles. The van der Waals surface area contributed by atoms with E-state index in [9.17, 15) is 48.6 Å². The van der Waals surface area contributed by atoms with Crippen molar-refractivity contribution in [2.24, 2.45) is 53.3 Å². The van der Waals surface area contributed by atoms with E-state index in [0.29, 0.717) is 59.2 Å². The lowest BCUT2D eigenvalue weighted by Crippen LogP contribution is -2.31. The molecule has 6 aliphatic carbocycles. The summed E-state index contributed by atoms with van der Waals surface area (Å²) in [5.74, 6) is 2.19. The molecule has 3 saturated carbocycles. The van der Waals surface area contributed by atoms with Crippen LogP contribution in [0, 0.1) is 53.3 Å². The molecule has 3 heterocycles. The maximum Gasteiger partial charge on any atom is 0.508 e. The van der Waals surface area contributed by atoms with Crippen molar-refractivity contribution in [1.29, 1.82) is 1.28 Å². The highest BCUT2D eigenvalue weighted by Gasteiger charge is 2.51. The summed E-state index contributed by atoms with van der Waals surface area (Å²) in [5, 5.41) is 21.9. The van der Waals surface area contributed by atoms with Crippen LogP contribution < -0.4 is 14.2 Å². The van der Waals surface area contributed by atoms with Gasteiger partial charge in [0.15, 0.2) is 51.2 Å². The van der Waals surface area contributed by atoms with Crippen molar-refractivity contribution in [3.05, 3.63) is 267 Å². The summed E-state index contributed by atoms with van der Waals surface area (Å²) in [5.41, 5.74) is 11.8. The van der Waals surface area contributed by atoms with E-state index < -0.39 is 49.0 Å². The maximum atomic E-state index is 13.0. The van der Waals surface area contributed by atoms with E-state index in [0.717, 1.165) is 205 Å². The van der Waals surface area contributed by atoms with Crippen molar-refractivity contribution in [3.8, 4) is 17.2 Å². The first-order chi connectivity index (χ1) is 69.5. The fourth-order valence-corrected chi connectivity index (χ4v) is 21.5. The van der Waals surface area contributed by atoms with E-state index >= 15 is 0 Å². The Hall–Kier alpha value is -10.6. The van der Waals surface area contributed by atoms with Gasteiger partial charge in [0.25, 0.3) is 11.8 Å². The van der Waals surface area contributed by atoms with Crippen molar-refractivity contribution < 1.29 is 120 Å². The van der Waals surface area contributed by atoms with Gasteiger partial charge in [-0.25, -0.2) is 28.8 Å². The Morgan fingerprint density at radius 1 is 0.444 bits per heavy atom. The first-order valence-corrected chi connectivity index (χ1v) is 54.2. The first kappa shape index (κ1) is 107. The van der Waals surface area contributed by atoms with Crippen LogP contribution in [0.4, 0.5) is 9.59 Å². The van der Waals surface area contributed by atoms with Gasteiger partial charge >= 0.3 is 37.5 Å². The van der Waals surface area contributed by atoms with Gasteiger partial charge in [-0.3, -0.25) is 9.59 Å². The number of carbonyl (C=O) groups excluding carboxylic acids is 8. The minimum atomic E-state index is -0.870. The molecule has 0 aromatic heterocycles. The predicted octanol–water partition coefficient (Wildman–Crippen LogP) is 20.6. The number of nitrogens with zero attached hydrogens (tertiary/aromatic N) is 1. The molecular weight excluding hydrogens is 1870 g/mol. The predicted molar refractivity (Wildman–Crippen MR) is 541 cm³/mol. The largest absolute Gasteiger partial charge is 0.508 e. The lowest BCUT2D eigenvalue weighted by molar-refractivity contribution is -0.195. The van der Waals surface area contributed by atoms with Crippen molar-refractivity contribution >= 4 is 75.7 Å².